The number of allylic oxidation sites excluding steroid dienone is 1. The first kappa shape index (κ1) is 10.4. The van der Waals surface area contributed by atoms with Gasteiger partial charge in [-0.1, -0.05) is 24.3 Å². The molecule has 2 rings (SSSR count). The van der Waals surface area contributed by atoms with Crippen LogP contribution in [0, 0.1) is 0 Å². The third kappa shape index (κ3) is 2.11. The number of aromatic hydroxyl groups is 1. The largest absolute Gasteiger partial charge is 0.507 e. The Bertz CT molecular complexity index is 568. The van der Waals surface area contributed by atoms with E-state index in [0.717, 1.165) is 10.8 Å². The van der Waals surface area contributed by atoms with Crippen LogP contribution in [0.5, 0.6) is 5.75 Å². The smallest absolute Gasteiger partial charge is 0.152 e. The molecule has 0 aliphatic rings. The highest BCUT2D eigenvalue weighted by atomic mass is 16.3. The number of fused-ring (bicyclic) bond motifs is 1. The lowest BCUT2D eigenvalue weighted by Crippen LogP contribution is -1.82. The van der Waals surface area contributed by atoms with Crippen LogP contribution in [-0.2, 0) is 4.79 Å². The number of ketones is 1. The zero-order chi connectivity index (χ0) is 11.5. The maximum Gasteiger partial charge on any atom is 0.152 e. The van der Waals surface area contributed by atoms with Gasteiger partial charge in [0.15, 0.2) is 5.78 Å². The molecule has 0 radical (unpaired) electrons. The predicted octanol–water partition coefficient (Wildman–Crippen LogP) is 3.15. The molecule has 2 nitrogen and oxygen atoms in total. The van der Waals surface area contributed by atoms with Crippen molar-refractivity contribution in [3.63, 3.8) is 0 Å². The molecule has 0 bridgehead atoms. The fraction of sp³-hybridized carbons (Fsp3) is 0.0714. The highest BCUT2D eigenvalue weighted by molar-refractivity contribution is 5.93. The van der Waals surface area contributed by atoms with E-state index in [1.165, 1.54) is 13.0 Å². The van der Waals surface area contributed by atoms with E-state index in [0.29, 0.717) is 5.56 Å². The average Bonchev–Trinajstić information content (AvgIpc) is 2.26. The number of rotatable bonds is 2. The molecule has 0 fully saturated rings. The molecule has 2 aromatic carbocycles. The fourth-order valence-corrected chi connectivity index (χ4v) is 1.59. The van der Waals surface area contributed by atoms with E-state index in [4.69, 9.17) is 0 Å². The maximum absolute atomic E-state index is 10.8. The van der Waals surface area contributed by atoms with E-state index in [2.05, 4.69) is 0 Å². The van der Waals surface area contributed by atoms with Crippen molar-refractivity contribution in [1.82, 2.24) is 0 Å². The van der Waals surface area contributed by atoms with Gasteiger partial charge >= 0.3 is 0 Å². The Balaban J connectivity index is 2.54. The van der Waals surface area contributed by atoms with Crippen LogP contribution in [0.15, 0.2) is 42.5 Å². The van der Waals surface area contributed by atoms with Gasteiger partial charge in [0.25, 0.3) is 0 Å². The second kappa shape index (κ2) is 4.19. The molecule has 0 heterocycles. The quantitative estimate of drug-likeness (QED) is 0.776. The Labute approximate surface area is 93.8 Å². The highest BCUT2D eigenvalue weighted by Gasteiger charge is 2.00. The van der Waals surface area contributed by atoms with Gasteiger partial charge in [-0.15, -0.1) is 0 Å². The average molecular weight is 212 g/mol. The molecule has 0 aromatic heterocycles. The van der Waals surface area contributed by atoms with E-state index in [1.54, 1.807) is 12.1 Å². The summed E-state index contributed by atoms with van der Waals surface area (Å²) in [5, 5.41) is 11.8. The third-order valence-electron chi connectivity index (χ3n) is 2.39. The van der Waals surface area contributed by atoms with Gasteiger partial charge in [-0.05, 0) is 42.0 Å². The minimum Gasteiger partial charge on any atom is -0.507 e. The Hall–Kier alpha value is -2.09. The molecule has 1 N–H and O–H groups in total. The molecule has 2 aromatic rings. The Morgan fingerprint density at radius 2 is 1.81 bits per heavy atom. The van der Waals surface area contributed by atoms with Crippen molar-refractivity contribution in [1.29, 1.82) is 0 Å². The Morgan fingerprint density at radius 1 is 1.19 bits per heavy atom. The topological polar surface area (TPSA) is 37.3 Å². The summed E-state index contributed by atoms with van der Waals surface area (Å²) in [6, 6.07) is 11.3. The lowest BCUT2D eigenvalue weighted by molar-refractivity contribution is -0.112. The fourth-order valence-electron chi connectivity index (χ4n) is 1.59. The molecule has 0 amide bonds. The second-order valence-corrected chi connectivity index (χ2v) is 3.70. The lowest BCUT2D eigenvalue weighted by Gasteiger charge is -2.02. The van der Waals surface area contributed by atoms with Crippen molar-refractivity contribution in [3.8, 4) is 5.75 Å². The van der Waals surface area contributed by atoms with Gasteiger partial charge in [-0.2, -0.15) is 0 Å². The standard InChI is InChI=1S/C14H12O2/c1-10(15)6-7-13-8-11-4-2-3-5-12(11)9-14(13)16/h2-9,16H,1H3/b7-6+. The molecule has 0 aliphatic carbocycles. The van der Waals surface area contributed by atoms with Crippen LogP contribution in [0.25, 0.3) is 16.8 Å². The summed E-state index contributed by atoms with van der Waals surface area (Å²) >= 11 is 0. The zero-order valence-electron chi connectivity index (χ0n) is 8.97. The van der Waals surface area contributed by atoms with E-state index in [-0.39, 0.29) is 11.5 Å². The number of phenols is 1. The van der Waals surface area contributed by atoms with Crippen LogP contribution in [0.3, 0.4) is 0 Å². The molecule has 0 spiro atoms. The molecule has 80 valence electrons. The second-order valence-electron chi connectivity index (χ2n) is 3.70. The molecule has 2 heteroatoms. The molecule has 0 saturated heterocycles. The van der Waals surface area contributed by atoms with Crippen LogP contribution < -0.4 is 0 Å². The third-order valence-corrected chi connectivity index (χ3v) is 2.39. The lowest BCUT2D eigenvalue weighted by atomic mass is 10.1. The number of benzene rings is 2. The summed E-state index contributed by atoms with van der Waals surface area (Å²) in [6.45, 7) is 1.48. The van der Waals surface area contributed by atoms with Gasteiger partial charge in [0, 0.05) is 5.56 Å². The molecule has 0 saturated carbocycles. The van der Waals surface area contributed by atoms with Gasteiger partial charge in [0.2, 0.25) is 0 Å². The molecule has 0 unspecified atom stereocenters. The van der Waals surface area contributed by atoms with Crippen LogP contribution in [-0.4, -0.2) is 10.9 Å². The first-order valence-corrected chi connectivity index (χ1v) is 5.07. The monoisotopic (exact) mass is 212 g/mol. The van der Waals surface area contributed by atoms with Crippen LogP contribution in [0.1, 0.15) is 12.5 Å². The summed E-state index contributed by atoms with van der Waals surface area (Å²) in [6.07, 6.45) is 3.08. The van der Waals surface area contributed by atoms with Gasteiger partial charge in [0.1, 0.15) is 5.75 Å². The first-order chi connectivity index (χ1) is 7.66. The molecular formula is C14H12O2. The number of carbonyl (C=O) groups excluding carboxylic acids is 1. The zero-order valence-corrected chi connectivity index (χ0v) is 8.97. The minimum absolute atomic E-state index is 0.0347. The van der Waals surface area contributed by atoms with Crippen molar-refractivity contribution in [2.75, 3.05) is 0 Å². The number of hydrogen-bond donors (Lipinski definition) is 1. The number of carbonyl (C=O) groups is 1. The predicted molar refractivity (Wildman–Crippen MR) is 65.3 cm³/mol. The van der Waals surface area contributed by atoms with E-state index >= 15 is 0 Å². The van der Waals surface area contributed by atoms with E-state index in [9.17, 15) is 9.90 Å². The molecule has 16 heavy (non-hydrogen) atoms. The van der Waals surface area contributed by atoms with Crippen molar-refractivity contribution >= 4 is 22.6 Å². The van der Waals surface area contributed by atoms with E-state index in [1.807, 2.05) is 30.3 Å². The number of hydrogen-bond acceptors (Lipinski definition) is 2. The molecule has 0 aliphatic heterocycles. The van der Waals surface area contributed by atoms with Gasteiger partial charge in [0.05, 0.1) is 0 Å². The van der Waals surface area contributed by atoms with Crippen molar-refractivity contribution in [2.45, 2.75) is 6.92 Å². The normalized spacial score (nSPS) is 11.1. The van der Waals surface area contributed by atoms with E-state index < -0.39 is 0 Å². The van der Waals surface area contributed by atoms with Crippen LogP contribution in [0.4, 0.5) is 0 Å². The van der Waals surface area contributed by atoms with Crippen molar-refractivity contribution in [3.05, 3.63) is 48.0 Å². The molecule has 0 atom stereocenters. The Morgan fingerprint density at radius 3 is 2.44 bits per heavy atom. The van der Waals surface area contributed by atoms with Gasteiger partial charge < -0.3 is 5.11 Å². The maximum atomic E-state index is 10.8. The minimum atomic E-state index is -0.0347. The summed E-state index contributed by atoms with van der Waals surface area (Å²) in [4.78, 5) is 10.8. The van der Waals surface area contributed by atoms with Gasteiger partial charge in [-0.3, -0.25) is 4.79 Å². The summed E-state index contributed by atoms with van der Waals surface area (Å²) in [5.74, 6) is 0.156. The Kier molecular flexibility index (Phi) is 2.73. The van der Waals surface area contributed by atoms with Gasteiger partial charge in [-0.25, -0.2) is 0 Å². The first-order valence-electron chi connectivity index (χ1n) is 5.07. The summed E-state index contributed by atoms with van der Waals surface area (Å²) in [7, 11) is 0. The summed E-state index contributed by atoms with van der Waals surface area (Å²) < 4.78 is 0. The van der Waals surface area contributed by atoms with Crippen molar-refractivity contribution in [2.24, 2.45) is 0 Å². The van der Waals surface area contributed by atoms with Crippen molar-refractivity contribution < 1.29 is 9.90 Å². The molecular weight excluding hydrogens is 200 g/mol. The number of phenolic OH excluding ortho intramolecular Hbond substituents is 1. The SMILES string of the molecule is CC(=O)/C=C/c1cc2ccccc2cc1O. The highest BCUT2D eigenvalue weighted by Crippen LogP contribution is 2.25. The summed E-state index contributed by atoms with van der Waals surface area (Å²) in [5.41, 5.74) is 0.661. The van der Waals surface area contributed by atoms with Crippen LogP contribution >= 0.6 is 0 Å². The van der Waals surface area contributed by atoms with Crippen LogP contribution in [0.2, 0.25) is 0 Å².